The summed E-state index contributed by atoms with van der Waals surface area (Å²) in [5.41, 5.74) is 8.54. The Hall–Kier alpha value is -3.98. The summed E-state index contributed by atoms with van der Waals surface area (Å²) in [6.45, 7) is 2.07. The third-order valence-electron chi connectivity index (χ3n) is 4.88. The average molecular weight is 463 g/mol. The molecule has 1 amide bonds. The van der Waals surface area contributed by atoms with Gasteiger partial charge in [-0.05, 0) is 43.3 Å². The third-order valence-corrected chi connectivity index (χ3v) is 5.79. The highest BCUT2D eigenvalue weighted by Gasteiger charge is 2.23. The van der Waals surface area contributed by atoms with E-state index in [1.165, 1.54) is 11.3 Å². The first kappa shape index (κ1) is 22.2. The Bertz CT molecular complexity index is 1290. The number of ether oxygens (including phenoxy) is 3. The summed E-state index contributed by atoms with van der Waals surface area (Å²) in [7, 11) is 3.19. The molecular formula is C24H22N4O4S. The van der Waals surface area contributed by atoms with Crippen LogP contribution in [-0.2, 0) is 6.61 Å². The molecule has 0 saturated heterocycles. The fourth-order valence-electron chi connectivity index (χ4n) is 3.38. The van der Waals surface area contributed by atoms with Crippen LogP contribution in [0.2, 0.25) is 0 Å². The molecule has 0 aliphatic carbocycles. The van der Waals surface area contributed by atoms with Gasteiger partial charge in [0.05, 0.1) is 19.8 Å². The van der Waals surface area contributed by atoms with Crippen molar-refractivity contribution in [2.45, 2.75) is 13.5 Å². The highest BCUT2D eigenvalue weighted by Crippen LogP contribution is 2.37. The van der Waals surface area contributed by atoms with Gasteiger partial charge in [-0.25, -0.2) is 4.98 Å². The molecule has 2 heterocycles. The van der Waals surface area contributed by atoms with E-state index < -0.39 is 5.91 Å². The Kier molecular flexibility index (Phi) is 6.50. The van der Waals surface area contributed by atoms with Crippen molar-refractivity contribution in [2.24, 2.45) is 5.73 Å². The lowest BCUT2D eigenvalue weighted by Gasteiger charge is -2.14. The van der Waals surface area contributed by atoms with Crippen LogP contribution < -0.4 is 19.9 Å². The van der Waals surface area contributed by atoms with Gasteiger partial charge in [-0.2, -0.15) is 0 Å². The van der Waals surface area contributed by atoms with E-state index >= 15 is 0 Å². The quantitative estimate of drug-likeness (QED) is 0.416. The molecule has 2 aromatic carbocycles. The number of aromatic nitrogens is 3. The molecule has 0 unspecified atom stereocenters. The Labute approximate surface area is 195 Å². The predicted molar refractivity (Wildman–Crippen MR) is 126 cm³/mol. The van der Waals surface area contributed by atoms with Crippen LogP contribution in [0.4, 0.5) is 0 Å². The molecule has 0 bridgehead atoms. The second-order valence-electron chi connectivity index (χ2n) is 7.06. The fraction of sp³-hybridized carbons (Fsp3) is 0.167. The molecule has 0 fully saturated rings. The Morgan fingerprint density at radius 2 is 1.70 bits per heavy atom. The maximum atomic E-state index is 12.5. The number of amides is 1. The number of benzene rings is 2. The number of aryl methyl sites for hydroxylation is 1. The van der Waals surface area contributed by atoms with Gasteiger partial charge >= 0.3 is 0 Å². The summed E-state index contributed by atoms with van der Waals surface area (Å²) < 4.78 is 16.4. The number of hydrogen-bond acceptors (Lipinski definition) is 8. The van der Waals surface area contributed by atoms with Crippen LogP contribution in [0.3, 0.4) is 0 Å². The molecule has 2 N–H and O–H groups in total. The van der Waals surface area contributed by atoms with Crippen LogP contribution in [0.5, 0.6) is 17.2 Å². The van der Waals surface area contributed by atoms with E-state index in [0.29, 0.717) is 38.5 Å². The number of carbonyl (C=O) groups excluding carboxylic acids is 1. The monoisotopic (exact) mass is 462 g/mol. The minimum atomic E-state index is -0.607. The fourth-order valence-corrected chi connectivity index (χ4v) is 4.13. The molecule has 8 nitrogen and oxygen atoms in total. The minimum absolute atomic E-state index is 0.223. The molecule has 0 saturated carbocycles. The van der Waals surface area contributed by atoms with E-state index in [2.05, 4.69) is 15.2 Å². The molecule has 4 rings (SSSR count). The molecule has 0 atom stereocenters. The van der Waals surface area contributed by atoms with Crippen molar-refractivity contribution in [3.63, 3.8) is 0 Å². The molecule has 0 radical (unpaired) electrons. The number of primary amides is 1. The minimum Gasteiger partial charge on any atom is -0.497 e. The summed E-state index contributed by atoms with van der Waals surface area (Å²) in [5, 5.41) is 9.58. The zero-order valence-electron chi connectivity index (χ0n) is 18.4. The SMILES string of the molecule is COc1ccc(OCc2nnc(-c3nc(C)cc(-c4ccccc4OC)c3C(N)=O)s2)cc1. The molecule has 0 aliphatic heterocycles. The number of hydrogen-bond donors (Lipinski definition) is 1. The molecule has 9 heteroatoms. The number of nitrogens with zero attached hydrogens (tertiary/aromatic N) is 3. The highest BCUT2D eigenvalue weighted by atomic mass is 32.1. The number of methoxy groups -OCH3 is 2. The van der Waals surface area contributed by atoms with Gasteiger partial charge in [0.2, 0.25) is 0 Å². The van der Waals surface area contributed by atoms with Crippen molar-refractivity contribution in [3.8, 4) is 39.1 Å². The second-order valence-corrected chi connectivity index (χ2v) is 8.13. The van der Waals surface area contributed by atoms with E-state index in [4.69, 9.17) is 19.9 Å². The number of para-hydroxylation sites is 1. The normalized spacial score (nSPS) is 10.6. The van der Waals surface area contributed by atoms with Crippen molar-refractivity contribution >= 4 is 17.2 Å². The standard InChI is InChI=1S/C24H22N4O4S/c1-14-12-18(17-6-4-5-7-19(17)31-3)21(23(25)29)22(26-14)24-28-27-20(33-24)13-32-16-10-8-15(30-2)9-11-16/h4-12H,13H2,1-3H3,(H2,25,29). The molecule has 0 aliphatic rings. The van der Waals surface area contributed by atoms with Crippen LogP contribution in [0.25, 0.3) is 21.8 Å². The van der Waals surface area contributed by atoms with Gasteiger partial charge in [-0.15, -0.1) is 10.2 Å². The zero-order chi connectivity index (χ0) is 23.4. The van der Waals surface area contributed by atoms with Crippen LogP contribution in [0.15, 0.2) is 54.6 Å². The number of carbonyl (C=O) groups is 1. The molecule has 2 aromatic heterocycles. The smallest absolute Gasteiger partial charge is 0.251 e. The maximum Gasteiger partial charge on any atom is 0.251 e. The first-order valence-corrected chi connectivity index (χ1v) is 10.9. The highest BCUT2D eigenvalue weighted by molar-refractivity contribution is 7.14. The summed E-state index contributed by atoms with van der Waals surface area (Å²) in [4.78, 5) is 17.1. The average Bonchev–Trinajstić information content (AvgIpc) is 3.31. The van der Waals surface area contributed by atoms with Gasteiger partial charge in [0.1, 0.15) is 29.5 Å². The topological polar surface area (TPSA) is 109 Å². The van der Waals surface area contributed by atoms with E-state index in [9.17, 15) is 4.79 Å². The molecule has 168 valence electrons. The molecule has 4 aromatic rings. The van der Waals surface area contributed by atoms with E-state index in [0.717, 1.165) is 11.3 Å². The van der Waals surface area contributed by atoms with Gasteiger partial charge in [0, 0.05) is 16.8 Å². The van der Waals surface area contributed by atoms with Gasteiger partial charge in [-0.3, -0.25) is 4.79 Å². The van der Waals surface area contributed by atoms with Crippen LogP contribution >= 0.6 is 11.3 Å². The van der Waals surface area contributed by atoms with Crippen molar-refractivity contribution in [3.05, 3.63) is 70.9 Å². The first-order chi connectivity index (χ1) is 16.0. The third kappa shape index (κ3) is 4.78. The number of rotatable bonds is 8. The zero-order valence-corrected chi connectivity index (χ0v) is 19.2. The largest absolute Gasteiger partial charge is 0.497 e. The lowest BCUT2D eigenvalue weighted by atomic mass is 9.96. The van der Waals surface area contributed by atoms with Crippen molar-refractivity contribution in [1.29, 1.82) is 0 Å². The summed E-state index contributed by atoms with van der Waals surface area (Å²) in [5.74, 6) is 1.44. The van der Waals surface area contributed by atoms with E-state index in [1.807, 2.05) is 61.5 Å². The van der Waals surface area contributed by atoms with Crippen molar-refractivity contribution in [2.75, 3.05) is 14.2 Å². The Morgan fingerprint density at radius 1 is 0.970 bits per heavy atom. The van der Waals surface area contributed by atoms with Crippen molar-refractivity contribution < 1.29 is 19.0 Å². The van der Waals surface area contributed by atoms with Crippen molar-refractivity contribution in [1.82, 2.24) is 15.2 Å². The van der Waals surface area contributed by atoms with Crippen LogP contribution in [0.1, 0.15) is 21.1 Å². The number of pyridine rings is 1. The lowest BCUT2D eigenvalue weighted by Crippen LogP contribution is -2.15. The van der Waals surface area contributed by atoms with Crippen LogP contribution in [0, 0.1) is 6.92 Å². The molecule has 0 spiro atoms. The first-order valence-electron chi connectivity index (χ1n) is 10.0. The number of nitrogens with two attached hydrogens (primary N) is 1. The van der Waals surface area contributed by atoms with Gasteiger partial charge in [-0.1, -0.05) is 29.5 Å². The van der Waals surface area contributed by atoms with Gasteiger partial charge < -0.3 is 19.9 Å². The molecule has 33 heavy (non-hydrogen) atoms. The van der Waals surface area contributed by atoms with E-state index in [-0.39, 0.29) is 12.2 Å². The summed E-state index contributed by atoms with van der Waals surface area (Å²) in [6, 6.07) is 16.5. The Balaban J connectivity index is 1.68. The summed E-state index contributed by atoms with van der Waals surface area (Å²) >= 11 is 1.29. The van der Waals surface area contributed by atoms with Crippen LogP contribution in [-0.4, -0.2) is 35.3 Å². The predicted octanol–water partition coefficient (Wildman–Crippen LogP) is 4.27. The summed E-state index contributed by atoms with van der Waals surface area (Å²) in [6.07, 6.45) is 0. The lowest BCUT2D eigenvalue weighted by molar-refractivity contribution is 0.100. The Morgan fingerprint density at radius 3 is 2.39 bits per heavy atom. The van der Waals surface area contributed by atoms with Gasteiger partial charge in [0.25, 0.3) is 5.91 Å². The maximum absolute atomic E-state index is 12.5. The molecular weight excluding hydrogens is 440 g/mol. The van der Waals surface area contributed by atoms with Gasteiger partial charge in [0.15, 0.2) is 10.0 Å². The van der Waals surface area contributed by atoms with E-state index in [1.54, 1.807) is 14.2 Å². The second kappa shape index (κ2) is 9.66.